The number of piperidine rings is 1. The Balaban J connectivity index is 2.00. The van der Waals surface area contributed by atoms with E-state index in [0.29, 0.717) is 31.8 Å². The zero-order valence-corrected chi connectivity index (χ0v) is 12.8. The van der Waals surface area contributed by atoms with E-state index in [2.05, 4.69) is 6.92 Å². The van der Waals surface area contributed by atoms with Gasteiger partial charge in [-0.15, -0.1) is 0 Å². The summed E-state index contributed by atoms with van der Waals surface area (Å²) >= 11 is 0. The molecule has 1 saturated heterocycles. The van der Waals surface area contributed by atoms with Gasteiger partial charge in [-0.2, -0.15) is 13.2 Å². The van der Waals surface area contributed by atoms with Crippen LogP contribution in [0.15, 0.2) is 0 Å². The van der Waals surface area contributed by atoms with Gasteiger partial charge in [0.1, 0.15) is 0 Å². The number of amides is 2. The van der Waals surface area contributed by atoms with Crippen LogP contribution < -0.4 is 5.32 Å². The molecule has 22 heavy (non-hydrogen) atoms. The van der Waals surface area contributed by atoms with E-state index in [1.165, 1.54) is 0 Å². The largest absolute Gasteiger partial charge is 0.471 e. The molecule has 1 saturated carbocycles. The van der Waals surface area contributed by atoms with Crippen molar-refractivity contribution in [1.29, 1.82) is 0 Å². The minimum Gasteiger partial charge on any atom is -0.345 e. The zero-order chi connectivity index (χ0) is 16.3. The summed E-state index contributed by atoms with van der Waals surface area (Å²) in [5.41, 5.74) is 0. The van der Waals surface area contributed by atoms with Crippen LogP contribution in [0.4, 0.5) is 13.2 Å². The highest BCUT2D eigenvalue weighted by atomic mass is 19.4. The number of carbonyl (C=O) groups is 2. The number of nitrogens with one attached hydrogen (secondary N) is 1. The van der Waals surface area contributed by atoms with E-state index in [9.17, 15) is 22.8 Å². The van der Waals surface area contributed by atoms with Crippen LogP contribution in [-0.2, 0) is 9.59 Å². The van der Waals surface area contributed by atoms with Crippen LogP contribution in [0.3, 0.4) is 0 Å². The average molecular weight is 320 g/mol. The number of likely N-dealkylation sites (tertiary alicyclic amines) is 1. The van der Waals surface area contributed by atoms with Gasteiger partial charge < -0.3 is 10.2 Å². The van der Waals surface area contributed by atoms with E-state index >= 15 is 0 Å². The summed E-state index contributed by atoms with van der Waals surface area (Å²) in [6, 6.07) is -0.699. The fourth-order valence-electron chi connectivity index (χ4n) is 3.31. The van der Waals surface area contributed by atoms with Crippen molar-refractivity contribution in [3.8, 4) is 0 Å². The van der Waals surface area contributed by atoms with E-state index in [1.54, 1.807) is 4.90 Å². The maximum absolute atomic E-state index is 12.6. The van der Waals surface area contributed by atoms with Crippen molar-refractivity contribution < 1.29 is 22.8 Å². The highest BCUT2D eigenvalue weighted by Crippen LogP contribution is 2.29. The second-order valence-corrected chi connectivity index (χ2v) is 6.48. The van der Waals surface area contributed by atoms with E-state index in [1.807, 2.05) is 5.32 Å². The van der Waals surface area contributed by atoms with Gasteiger partial charge in [0.25, 0.3) is 0 Å². The van der Waals surface area contributed by atoms with Gasteiger partial charge >= 0.3 is 12.1 Å². The Morgan fingerprint density at radius 3 is 2.23 bits per heavy atom. The molecule has 126 valence electrons. The number of hydrogen-bond donors (Lipinski definition) is 1. The molecule has 0 bridgehead atoms. The summed E-state index contributed by atoms with van der Waals surface area (Å²) in [7, 11) is 0. The Labute approximate surface area is 128 Å². The minimum absolute atomic E-state index is 0.0981. The molecule has 1 aliphatic heterocycles. The van der Waals surface area contributed by atoms with Gasteiger partial charge in [-0.25, -0.2) is 0 Å². The molecule has 0 aromatic carbocycles. The quantitative estimate of drug-likeness (QED) is 0.850. The van der Waals surface area contributed by atoms with E-state index in [0.717, 1.165) is 25.7 Å². The molecule has 1 heterocycles. The molecule has 0 aromatic rings. The molecule has 4 nitrogen and oxygen atoms in total. The molecule has 7 heteroatoms. The first kappa shape index (κ1) is 17.1. The third-order valence-corrected chi connectivity index (χ3v) is 4.75. The van der Waals surface area contributed by atoms with Gasteiger partial charge in [-0.05, 0) is 31.6 Å². The molecule has 1 N–H and O–H groups in total. The topological polar surface area (TPSA) is 49.4 Å². The van der Waals surface area contributed by atoms with Gasteiger partial charge in [0.05, 0.1) is 5.92 Å². The second kappa shape index (κ2) is 6.87. The van der Waals surface area contributed by atoms with E-state index in [4.69, 9.17) is 0 Å². The zero-order valence-electron chi connectivity index (χ0n) is 12.8. The Morgan fingerprint density at radius 2 is 1.64 bits per heavy atom. The number of nitrogens with zero attached hydrogens (tertiary/aromatic N) is 1. The maximum Gasteiger partial charge on any atom is 0.471 e. The third kappa shape index (κ3) is 4.14. The van der Waals surface area contributed by atoms with Gasteiger partial charge in [0.15, 0.2) is 0 Å². The first-order valence-electron chi connectivity index (χ1n) is 7.95. The first-order chi connectivity index (χ1) is 10.3. The summed E-state index contributed by atoms with van der Waals surface area (Å²) in [5.74, 6) is -1.98. The lowest BCUT2D eigenvalue weighted by Gasteiger charge is -2.37. The van der Waals surface area contributed by atoms with Gasteiger partial charge in [-0.1, -0.05) is 19.8 Å². The maximum atomic E-state index is 12.6. The molecule has 0 spiro atoms. The highest BCUT2D eigenvalue weighted by molar-refractivity contribution is 5.84. The third-order valence-electron chi connectivity index (χ3n) is 4.75. The van der Waals surface area contributed by atoms with Crippen molar-refractivity contribution in [3.63, 3.8) is 0 Å². The number of rotatable bonds is 2. The lowest BCUT2D eigenvalue weighted by Crippen LogP contribution is -2.53. The highest BCUT2D eigenvalue weighted by Gasteiger charge is 2.43. The normalized spacial score (nSPS) is 27.5. The number of carbonyl (C=O) groups excluding carboxylic acids is 2. The van der Waals surface area contributed by atoms with Crippen LogP contribution in [0, 0.1) is 11.8 Å². The molecule has 2 atom stereocenters. The van der Waals surface area contributed by atoms with Crippen molar-refractivity contribution in [1.82, 2.24) is 10.2 Å². The van der Waals surface area contributed by atoms with Crippen molar-refractivity contribution in [2.45, 2.75) is 57.7 Å². The molecule has 2 rings (SSSR count). The number of hydrogen-bond acceptors (Lipinski definition) is 2. The van der Waals surface area contributed by atoms with Crippen LogP contribution in [0.1, 0.15) is 45.4 Å². The smallest absolute Gasteiger partial charge is 0.345 e. The average Bonchev–Trinajstić information content (AvgIpc) is 2.47. The Hall–Kier alpha value is -1.27. The summed E-state index contributed by atoms with van der Waals surface area (Å²) in [4.78, 5) is 25.5. The summed E-state index contributed by atoms with van der Waals surface area (Å²) in [5, 5.41) is 2.03. The van der Waals surface area contributed by atoms with Crippen molar-refractivity contribution in [2.75, 3.05) is 13.1 Å². The van der Waals surface area contributed by atoms with Crippen LogP contribution >= 0.6 is 0 Å². The van der Waals surface area contributed by atoms with Crippen LogP contribution in [0.25, 0.3) is 0 Å². The predicted molar refractivity (Wildman–Crippen MR) is 74.9 cm³/mol. The van der Waals surface area contributed by atoms with E-state index < -0.39 is 24.0 Å². The monoisotopic (exact) mass is 320 g/mol. The second-order valence-electron chi connectivity index (χ2n) is 6.48. The number of alkyl halides is 3. The predicted octanol–water partition coefficient (Wildman–Crippen LogP) is 2.48. The van der Waals surface area contributed by atoms with Gasteiger partial charge in [0.2, 0.25) is 5.91 Å². The molecule has 2 amide bonds. The fourth-order valence-corrected chi connectivity index (χ4v) is 3.31. The molecule has 1 aliphatic carbocycles. The lowest BCUT2D eigenvalue weighted by atomic mass is 9.83. The van der Waals surface area contributed by atoms with Crippen LogP contribution in [0.2, 0.25) is 0 Å². The minimum atomic E-state index is -4.90. The standard InChI is InChI=1S/C15H23F3N2O2/c1-10-6-8-20(9-7-10)13(21)11-4-2-3-5-12(11)19-14(22)15(16,17)18/h10-12H,2-9H2,1H3,(H,19,22). The van der Waals surface area contributed by atoms with Crippen molar-refractivity contribution >= 4 is 11.8 Å². The first-order valence-corrected chi connectivity index (χ1v) is 7.95. The molecule has 0 radical (unpaired) electrons. The SMILES string of the molecule is CC1CCN(C(=O)C2CCCCC2NC(=O)C(F)(F)F)CC1. The van der Waals surface area contributed by atoms with Gasteiger partial charge in [-0.3, -0.25) is 9.59 Å². The molecular formula is C15H23F3N2O2. The summed E-state index contributed by atoms with van der Waals surface area (Å²) in [6.07, 6.45) is -0.500. The Kier molecular flexibility index (Phi) is 5.34. The van der Waals surface area contributed by atoms with Crippen LogP contribution in [0.5, 0.6) is 0 Å². The van der Waals surface area contributed by atoms with Crippen molar-refractivity contribution in [2.24, 2.45) is 11.8 Å². The van der Waals surface area contributed by atoms with Gasteiger partial charge in [0, 0.05) is 19.1 Å². The molecule has 2 unspecified atom stereocenters. The van der Waals surface area contributed by atoms with Crippen molar-refractivity contribution in [3.05, 3.63) is 0 Å². The Morgan fingerprint density at radius 1 is 1.05 bits per heavy atom. The Bertz CT molecular complexity index is 418. The summed E-state index contributed by atoms with van der Waals surface area (Å²) in [6.45, 7) is 3.46. The molecular weight excluding hydrogens is 297 g/mol. The van der Waals surface area contributed by atoms with Crippen LogP contribution in [-0.4, -0.2) is 42.0 Å². The van der Waals surface area contributed by atoms with E-state index in [-0.39, 0.29) is 5.91 Å². The number of halogens is 3. The molecule has 2 aliphatic rings. The molecule has 2 fully saturated rings. The fraction of sp³-hybridized carbons (Fsp3) is 0.867. The lowest BCUT2D eigenvalue weighted by molar-refractivity contribution is -0.175. The summed E-state index contributed by atoms with van der Waals surface area (Å²) < 4.78 is 37.3. The molecule has 0 aromatic heterocycles.